The number of pyridine rings is 1. The third kappa shape index (κ3) is 3.99. The molecule has 1 aromatic heterocycles. The Morgan fingerprint density at radius 2 is 1.44 bits per heavy atom. The molecule has 7 rings (SSSR count). The molecule has 13 heteroatoms. The number of aromatic nitrogens is 1. The molecular weight excluding hydrogens is 618 g/mol. The lowest BCUT2D eigenvalue weighted by Gasteiger charge is -2.60. The smallest absolute Gasteiger partial charge is 0.280 e. The topological polar surface area (TPSA) is 158 Å². The van der Waals surface area contributed by atoms with Gasteiger partial charge < -0.3 is 29.2 Å². The zero-order chi connectivity index (χ0) is 34.3. The highest BCUT2D eigenvalue weighted by Gasteiger charge is 2.58. The van der Waals surface area contributed by atoms with Crippen LogP contribution >= 0.6 is 0 Å². The number of likely N-dealkylation sites (N-methyl/N-ethyl adjacent to an activating group) is 1. The number of phenolic OH excluding ortho intramolecular Hbond substituents is 2. The van der Waals surface area contributed by atoms with Gasteiger partial charge in [0.15, 0.2) is 23.0 Å². The van der Waals surface area contributed by atoms with Gasteiger partial charge in [0.25, 0.3) is 11.8 Å². The predicted octanol–water partition coefficient (Wildman–Crippen LogP) is 3.21. The summed E-state index contributed by atoms with van der Waals surface area (Å²) in [4.78, 5) is 36.8. The quantitative estimate of drug-likeness (QED) is 0.374. The van der Waals surface area contributed by atoms with Crippen LogP contribution in [0.25, 0.3) is 0 Å². The van der Waals surface area contributed by atoms with Crippen molar-refractivity contribution in [3.63, 3.8) is 0 Å². The summed E-state index contributed by atoms with van der Waals surface area (Å²) in [6.45, 7) is 3.44. The minimum atomic E-state index is -0.856. The van der Waals surface area contributed by atoms with Gasteiger partial charge >= 0.3 is 0 Å². The van der Waals surface area contributed by atoms with Gasteiger partial charge in [0.2, 0.25) is 0 Å². The van der Waals surface area contributed by atoms with Crippen LogP contribution in [-0.4, -0.2) is 102 Å². The van der Waals surface area contributed by atoms with E-state index in [1.807, 2.05) is 18.9 Å². The second-order valence-corrected chi connectivity index (χ2v) is 12.7. The van der Waals surface area contributed by atoms with Crippen LogP contribution in [0.5, 0.6) is 34.5 Å². The molecule has 0 aliphatic carbocycles. The SMILES string of the molecule is COc1c(C)c(OC)c2c(c1O)[C@@H]1[C@@H]3Cc4c(OC)c(C)c(OC)c(O)c4[C@H](CN4C(=O)c5cccnc5C4=O)N3[C@@H](C#N)[C@H](C2)N1C. The van der Waals surface area contributed by atoms with Crippen LogP contribution in [0.4, 0.5) is 0 Å². The zero-order valence-electron chi connectivity index (χ0n) is 27.8. The van der Waals surface area contributed by atoms with Crippen molar-refractivity contribution in [2.45, 2.75) is 56.9 Å². The number of rotatable bonds is 6. The van der Waals surface area contributed by atoms with Gasteiger partial charge in [-0.3, -0.25) is 29.3 Å². The lowest BCUT2D eigenvalue weighted by Crippen LogP contribution is -2.69. The Kier molecular flexibility index (Phi) is 7.41. The Bertz CT molecular complexity index is 1900. The molecule has 2 amide bonds. The summed E-state index contributed by atoms with van der Waals surface area (Å²) in [5.41, 5.74) is 3.99. The standard InChI is InChI=1S/C35H37N5O8/c1-15-30(45-4)18-12-21-27-25-19(31(46-5)16(2)33(48-7)29(25)42)11-20(38(27)3)22(13-36)40(21)23(24(18)28(41)32(15)47-6)14-39-34(43)17-9-8-10-37-26(17)35(39)44/h8-10,20-23,27,41-42H,11-12,14H2,1-7H3/t20-,21-,22-,23-,27-/m0/s1. The first-order chi connectivity index (χ1) is 23.1. The van der Waals surface area contributed by atoms with E-state index in [1.165, 1.54) is 27.5 Å². The monoisotopic (exact) mass is 655 g/mol. The minimum absolute atomic E-state index is 0.00838. The lowest BCUT2D eigenvalue weighted by atomic mass is 9.71. The number of benzene rings is 2. The summed E-state index contributed by atoms with van der Waals surface area (Å²) in [7, 11) is 8.00. The number of carbonyl (C=O) groups excluding carboxylic acids is 2. The maximum atomic E-state index is 13.7. The summed E-state index contributed by atoms with van der Waals surface area (Å²) in [6.07, 6.45) is 2.13. The largest absolute Gasteiger partial charge is 0.504 e. The van der Waals surface area contributed by atoms with E-state index in [0.717, 1.165) is 10.5 Å². The summed E-state index contributed by atoms with van der Waals surface area (Å²) in [6, 6.07) is 2.72. The number of carbonyl (C=O) groups is 2. The van der Waals surface area contributed by atoms with E-state index in [2.05, 4.69) is 16.0 Å². The van der Waals surface area contributed by atoms with E-state index < -0.39 is 36.0 Å². The van der Waals surface area contributed by atoms with Gasteiger partial charge in [0, 0.05) is 58.2 Å². The van der Waals surface area contributed by atoms with Gasteiger partial charge in [-0.2, -0.15) is 5.26 Å². The van der Waals surface area contributed by atoms with Gasteiger partial charge in [0.1, 0.15) is 23.2 Å². The lowest BCUT2D eigenvalue weighted by molar-refractivity contribution is -0.0761. The number of nitriles is 1. The third-order valence-electron chi connectivity index (χ3n) is 10.7. The summed E-state index contributed by atoms with van der Waals surface area (Å²) < 4.78 is 23.2. The Balaban J connectivity index is 1.49. The average Bonchev–Trinajstić information content (AvgIpc) is 3.31. The molecule has 5 atom stereocenters. The van der Waals surface area contributed by atoms with E-state index in [4.69, 9.17) is 18.9 Å². The average molecular weight is 656 g/mol. The molecule has 0 spiro atoms. The number of amides is 2. The van der Waals surface area contributed by atoms with Crippen molar-refractivity contribution in [3.8, 4) is 40.6 Å². The maximum Gasteiger partial charge on any atom is 0.280 e. The first-order valence-corrected chi connectivity index (χ1v) is 15.7. The van der Waals surface area contributed by atoms with E-state index in [9.17, 15) is 25.1 Å². The molecule has 0 unspecified atom stereocenters. The number of phenols is 2. The number of nitrogens with zero attached hydrogens (tertiary/aromatic N) is 5. The Morgan fingerprint density at radius 3 is 2.00 bits per heavy atom. The summed E-state index contributed by atoms with van der Waals surface area (Å²) in [5.74, 6) is 0.370. The number of fused-ring (bicyclic) bond motifs is 8. The third-order valence-corrected chi connectivity index (χ3v) is 10.7. The first-order valence-electron chi connectivity index (χ1n) is 15.7. The van der Waals surface area contributed by atoms with E-state index in [0.29, 0.717) is 57.9 Å². The highest BCUT2D eigenvalue weighted by atomic mass is 16.5. The second kappa shape index (κ2) is 11.3. The molecule has 2 N–H and O–H groups in total. The molecule has 4 aliphatic heterocycles. The first kappa shape index (κ1) is 31.5. The zero-order valence-corrected chi connectivity index (χ0v) is 27.8. The highest BCUT2D eigenvalue weighted by Crippen LogP contribution is 2.59. The number of imide groups is 1. The Labute approximate surface area is 277 Å². The number of methoxy groups -OCH3 is 4. The molecule has 13 nitrogen and oxygen atoms in total. The van der Waals surface area contributed by atoms with E-state index in [1.54, 1.807) is 26.2 Å². The van der Waals surface area contributed by atoms with Crippen molar-refractivity contribution in [2.24, 2.45) is 0 Å². The highest BCUT2D eigenvalue weighted by molar-refractivity contribution is 6.20. The van der Waals surface area contributed by atoms with Gasteiger partial charge in [0.05, 0.1) is 52.2 Å². The van der Waals surface area contributed by atoms with Gasteiger partial charge in [-0.05, 0) is 45.9 Å². The van der Waals surface area contributed by atoms with Crippen LogP contribution in [0, 0.1) is 25.2 Å². The van der Waals surface area contributed by atoms with Crippen molar-refractivity contribution >= 4 is 11.8 Å². The van der Waals surface area contributed by atoms with Crippen molar-refractivity contribution in [2.75, 3.05) is 42.0 Å². The van der Waals surface area contributed by atoms with Crippen molar-refractivity contribution in [1.29, 1.82) is 5.26 Å². The van der Waals surface area contributed by atoms with Crippen molar-refractivity contribution in [3.05, 3.63) is 63.0 Å². The summed E-state index contributed by atoms with van der Waals surface area (Å²) in [5, 5.41) is 34.6. The van der Waals surface area contributed by atoms with Crippen LogP contribution in [0.15, 0.2) is 18.3 Å². The number of piperazine rings is 1. The second-order valence-electron chi connectivity index (χ2n) is 12.7. The Hall–Kier alpha value is -5.06. The molecule has 4 aliphatic rings. The molecule has 48 heavy (non-hydrogen) atoms. The molecule has 0 saturated carbocycles. The van der Waals surface area contributed by atoms with E-state index >= 15 is 0 Å². The molecule has 3 aromatic rings. The van der Waals surface area contributed by atoms with Crippen LogP contribution in [0.1, 0.15) is 66.3 Å². The van der Waals surface area contributed by atoms with Gasteiger partial charge in [-0.25, -0.2) is 0 Å². The van der Waals surface area contributed by atoms with Gasteiger partial charge in [-0.15, -0.1) is 0 Å². The van der Waals surface area contributed by atoms with Crippen LogP contribution < -0.4 is 18.9 Å². The van der Waals surface area contributed by atoms with Crippen LogP contribution in [0.2, 0.25) is 0 Å². The van der Waals surface area contributed by atoms with Gasteiger partial charge in [-0.1, -0.05) is 0 Å². The minimum Gasteiger partial charge on any atom is -0.504 e. The van der Waals surface area contributed by atoms with Crippen molar-refractivity contribution in [1.82, 2.24) is 19.7 Å². The van der Waals surface area contributed by atoms with Crippen molar-refractivity contribution < 1.29 is 38.7 Å². The molecule has 2 bridgehead atoms. The van der Waals surface area contributed by atoms with Crippen LogP contribution in [0.3, 0.4) is 0 Å². The predicted molar refractivity (Wildman–Crippen MR) is 171 cm³/mol. The number of hydrogen-bond acceptors (Lipinski definition) is 12. The van der Waals surface area contributed by atoms with E-state index in [-0.39, 0.29) is 41.1 Å². The molecule has 250 valence electrons. The summed E-state index contributed by atoms with van der Waals surface area (Å²) >= 11 is 0. The number of hydrogen-bond donors (Lipinski definition) is 2. The maximum absolute atomic E-state index is 13.7. The fourth-order valence-corrected chi connectivity index (χ4v) is 8.84. The Morgan fingerprint density at radius 1 is 0.875 bits per heavy atom. The molecule has 0 radical (unpaired) electrons. The normalized spacial score (nSPS) is 24.3. The molecule has 2 aromatic carbocycles. The number of ether oxygens (including phenoxy) is 4. The molecule has 1 saturated heterocycles. The molecule has 5 heterocycles. The van der Waals surface area contributed by atoms with Crippen LogP contribution in [-0.2, 0) is 12.8 Å². The number of aromatic hydroxyl groups is 2. The fourth-order valence-electron chi connectivity index (χ4n) is 8.84. The molecule has 1 fully saturated rings. The fraction of sp³-hybridized carbons (Fsp3) is 0.429. The molecular formula is C35H37N5O8.